The van der Waals surface area contributed by atoms with Gasteiger partial charge < -0.3 is 21.1 Å². The second-order valence-electron chi connectivity index (χ2n) is 9.28. The van der Waals surface area contributed by atoms with Crippen molar-refractivity contribution in [3.8, 4) is 0 Å². The monoisotopic (exact) mass is 527 g/mol. The minimum atomic E-state index is -1.68. The molecule has 2 bridgehead atoms. The van der Waals surface area contributed by atoms with Gasteiger partial charge in [0.05, 0.1) is 10.5 Å². The van der Waals surface area contributed by atoms with Gasteiger partial charge in [-0.15, -0.1) is 0 Å². The van der Waals surface area contributed by atoms with Crippen LogP contribution in [0, 0.1) is 11.7 Å². The smallest absolute Gasteiger partial charge is 0.331 e. The number of nitrogens with two attached hydrogens (primary N) is 1. The molecular weight excluding hydrogens is 505 g/mol. The Morgan fingerprint density at radius 1 is 1.16 bits per heavy atom. The molecular formula is C25H23ClFN5O5. The number of carbonyl (C=O) groups is 4. The van der Waals surface area contributed by atoms with Gasteiger partial charge in [-0.2, -0.15) is 5.10 Å². The number of aliphatic carboxylic acids is 1. The summed E-state index contributed by atoms with van der Waals surface area (Å²) >= 11 is 5.81. The van der Waals surface area contributed by atoms with Crippen molar-refractivity contribution >= 4 is 46.2 Å². The molecule has 4 atom stereocenters. The first-order chi connectivity index (χ1) is 17.7. The number of nitrogens with zero attached hydrogens (tertiary/aromatic N) is 3. The van der Waals surface area contributed by atoms with Crippen molar-refractivity contribution in [1.82, 2.24) is 20.0 Å². The van der Waals surface area contributed by atoms with E-state index in [9.17, 15) is 28.7 Å². The first-order valence-corrected chi connectivity index (χ1v) is 12.1. The zero-order valence-electron chi connectivity index (χ0n) is 19.4. The van der Waals surface area contributed by atoms with Gasteiger partial charge in [-0.25, -0.2) is 9.18 Å². The number of benzene rings is 2. The molecule has 10 nitrogen and oxygen atoms in total. The number of primary amides is 1. The molecule has 0 radical (unpaired) electrons. The summed E-state index contributed by atoms with van der Waals surface area (Å²) in [4.78, 5) is 52.2. The summed E-state index contributed by atoms with van der Waals surface area (Å²) < 4.78 is 15.9. The summed E-state index contributed by atoms with van der Waals surface area (Å²) in [5.74, 6) is -4.38. The number of piperidine rings is 1. The summed E-state index contributed by atoms with van der Waals surface area (Å²) in [5.41, 5.74) is 5.74. The number of amides is 3. The van der Waals surface area contributed by atoms with Crippen molar-refractivity contribution in [3.63, 3.8) is 0 Å². The van der Waals surface area contributed by atoms with Gasteiger partial charge in [-0.1, -0.05) is 41.9 Å². The maximum absolute atomic E-state index is 14.6. The van der Waals surface area contributed by atoms with Crippen molar-refractivity contribution in [2.45, 2.75) is 43.9 Å². The number of rotatable bonds is 7. The summed E-state index contributed by atoms with van der Waals surface area (Å²) in [6.07, 6.45) is 2.00. The number of carboxylic acids is 1. The maximum Gasteiger partial charge on any atom is 0.331 e. The normalized spacial score (nSPS) is 21.2. The van der Waals surface area contributed by atoms with E-state index in [4.69, 9.17) is 17.3 Å². The third-order valence-electron chi connectivity index (χ3n) is 7.14. The molecule has 2 aromatic carbocycles. The lowest BCUT2D eigenvalue weighted by Crippen LogP contribution is -2.54. The van der Waals surface area contributed by atoms with Crippen molar-refractivity contribution in [2.24, 2.45) is 11.7 Å². The molecule has 1 saturated heterocycles. The minimum absolute atomic E-state index is 0.0356. The Kier molecular flexibility index (Phi) is 6.32. The Bertz CT molecular complexity index is 1440. The predicted octanol–water partition coefficient (Wildman–Crippen LogP) is 2.25. The Morgan fingerprint density at radius 3 is 2.65 bits per heavy atom. The van der Waals surface area contributed by atoms with Crippen LogP contribution in [0.4, 0.5) is 4.39 Å². The number of fused-ring (bicyclic) bond motifs is 3. The van der Waals surface area contributed by atoms with Gasteiger partial charge in [0.25, 0.3) is 5.91 Å². The number of carboxylic acid groups (broad SMARTS) is 1. The number of hydrogen-bond acceptors (Lipinski definition) is 5. The fraction of sp³-hybridized carbons (Fsp3) is 0.320. The summed E-state index contributed by atoms with van der Waals surface area (Å²) in [6, 6.07) is 7.96. The van der Waals surface area contributed by atoms with E-state index in [1.165, 1.54) is 27.8 Å². The van der Waals surface area contributed by atoms with Gasteiger partial charge in [-0.3, -0.25) is 19.1 Å². The van der Waals surface area contributed by atoms with Gasteiger partial charge in [0.1, 0.15) is 18.4 Å². The third kappa shape index (κ3) is 4.29. The lowest BCUT2D eigenvalue weighted by molar-refractivity contribution is -0.146. The molecule has 1 aromatic heterocycles. The van der Waals surface area contributed by atoms with Crippen LogP contribution < -0.4 is 11.1 Å². The molecule has 0 spiro atoms. The number of carbonyl (C=O) groups excluding carboxylic acids is 3. The summed E-state index contributed by atoms with van der Waals surface area (Å²) in [7, 11) is 0. The fourth-order valence-corrected chi connectivity index (χ4v) is 5.75. The molecule has 4 N–H and O–H groups in total. The molecule has 3 aromatic rings. The average molecular weight is 528 g/mol. The molecule has 5 rings (SSSR count). The molecule has 1 saturated carbocycles. The van der Waals surface area contributed by atoms with E-state index in [1.54, 1.807) is 24.3 Å². The van der Waals surface area contributed by atoms with Crippen molar-refractivity contribution in [1.29, 1.82) is 0 Å². The van der Waals surface area contributed by atoms with E-state index < -0.39 is 41.6 Å². The van der Waals surface area contributed by atoms with Crippen LogP contribution in [-0.4, -0.2) is 55.6 Å². The van der Waals surface area contributed by atoms with Gasteiger partial charge >= 0.3 is 5.97 Å². The van der Waals surface area contributed by atoms with Crippen LogP contribution in [0.3, 0.4) is 0 Å². The zero-order valence-corrected chi connectivity index (χ0v) is 20.2. The molecule has 1 aliphatic carbocycles. The molecule has 37 heavy (non-hydrogen) atoms. The standard InChI is InChI=1S/C25H23ClFN5O5/c26-16-6-3-5-15(19(16)27)21(25(36)37)29-24(35)22-12-8-9-13(10-12)32(22)18(33)11-31-17-7-2-1-4-14(17)20(30-31)23(28)34/h1-7,12-13,21-22H,8-11H2,(H2,28,34)(H,29,35)(H,36,37)/t12-,13+,21?,22-/m0/s1. The quantitative estimate of drug-likeness (QED) is 0.429. The van der Waals surface area contributed by atoms with E-state index in [0.29, 0.717) is 30.2 Å². The Hall–Kier alpha value is -3.99. The highest BCUT2D eigenvalue weighted by molar-refractivity contribution is 6.30. The van der Waals surface area contributed by atoms with Crippen molar-refractivity contribution in [2.75, 3.05) is 0 Å². The highest BCUT2D eigenvalue weighted by atomic mass is 35.5. The van der Waals surface area contributed by atoms with Crippen LogP contribution in [-0.2, 0) is 20.9 Å². The summed E-state index contributed by atoms with van der Waals surface area (Å²) in [6.45, 7) is -0.244. The fourth-order valence-electron chi connectivity index (χ4n) is 5.57. The average Bonchev–Trinajstić information content (AvgIpc) is 3.58. The van der Waals surface area contributed by atoms with E-state index in [1.807, 2.05) is 0 Å². The first-order valence-electron chi connectivity index (χ1n) is 11.7. The molecule has 2 aliphatic rings. The van der Waals surface area contributed by atoms with Crippen LogP contribution in [0.1, 0.15) is 41.4 Å². The van der Waals surface area contributed by atoms with Crippen molar-refractivity contribution < 1.29 is 28.7 Å². The first kappa shape index (κ1) is 24.7. The number of para-hydroxylation sites is 1. The molecule has 192 valence electrons. The van der Waals surface area contributed by atoms with Gasteiger partial charge in [0.2, 0.25) is 11.8 Å². The highest BCUT2D eigenvalue weighted by Gasteiger charge is 2.51. The lowest BCUT2D eigenvalue weighted by atomic mass is 9.96. The third-order valence-corrected chi connectivity index (χ3v) is 7.44. The van der Waals surface area contributed by atoms with Crippen LogP contribution >= 0.6 is 11.6 Å². The molecule has 2 heterocycles. The number of nitrogens with one attached hydrogen (secondary N) is 1. The number of aromatic nitrogens is 2. The van der Waals surface area contributed by atoms with Gasteiger partial charge in [0.15, 0.2) is 11.7 Å². The predicted molar refractivity (Wildman–Crippen MR) is 130 cm³/mol. The van der Waals surface area contributed by atoms with Crippen LogP contribution in [0.25, 0.3) is 10.9 Å². The van der Waals surface area contributed by atoms with E-state index in [2.05, 4.69) is 10.4 Å². The summed E-state index contributed by atoms with van der Waals surface area (Å²) in [5, 5.41) is 16.6. The van der Waals surface area contributed by atoms with E-state index >= 15 is 0 Å². The zero-order chi connectivity index (χ0) is 26.4. The molecule has 1 unspecified atom stereocenters. The second kappa shape index (κ2) is 9.47. The maximum atomic E-state index is 14.6. The number of likely N-dealkylation sites (tertiary alicyclic amines) is 1. The topological polar surface area (TPSA) is 148 Å². The minimum Gasteiger partial charge on any atom is -0.479 e. The van der Waals surface area contributed by atoms with E-state index in [0.717, 1.165) is 0 Å². The molecule has 1 aliphatic heterocycles. The molecule has 3 amide bonds. The number of hydrogen-bond donors (Lipinski definition) is 3. The van der Waals surface area contributed by atoms with Gasteiger partial charge in [-0.05, 0) is 37.3 Å². The van der Waals surface area contributed by atoms with Crippen LogP contribution in [0.15, 0.2) is 42.5 Å². The largest absolute Gasteiger partial charge is 0.479 e. The Balaban J connectivity index is 1.41. The highest BCUT2D eigenvalue weighted by Crippen LogP contribution is 2.43. The van der Waals surface area contributed by atoms with Crippen LogP contribution in [0.2, 0.25) is 5.02 Å². The molecule has 2 fully saturated rings. The lowest BCUT2D eigenvalue weighted by Gasteiger charge is -2.35. The van der Waals surface area contributed by atoms with Gasteiger partial charge in [0, 0.05) is 17.0 Å². The SMILES string of the molecule is NC(=O)c1nn(CC(=O)N2[C@@H]3CC[C@@H](C3)[C@H]2C(=O)NC(C(=O)O)c2cccc(Cl)c2F)c2ccccc12. The molecule has 12 heteroatoms. The van der Waals surface area contributed by atoms with Crippen LogP contribution in [0.5, 0.6) is 0 Å². The Labute approximate surface area is 215 Å². The number of halogens is 2. The Morgan fingerprint density at radius 2 is 1.92 bits per heavy atom. The second-order valence-corrected chi connectivity index (χ2v) is 9.69. The van der Waals surface area contributed by atoms with Crippen molar-refractivity contribution in [3.05, 3.63) is 64.6 Å². The van der Waals surface area contributed by atoms with E-state index in [-0.39, 0.29) is 34.8 Å².